The molecule has 2 aromatic heterocycles. The van der Waals surface area contributed by atoms with E-state index in [1.165, 1.54) is 6.20 Å². The first-order chi connectivity index (χ1) is 8.33. The molecule has 2 aromatic rings. The fourth-order valence-corrected chi connectivity index (χ4v) is 2.12. The van der Waals surface area contributed by atoms with Gasteiger partial charge in [0.1, 0.15) is 11.1 Å². The van der Waals surface area contributed by atoms with E-state index in [1.807, 2.05) is 11.4 Å². The highest BCUT2D eigenvalue weighted by Crippen LogP contribution is 2.13. The number of aromatic nitrogens is 3. The first kappa shape index (κ1) is 11.5. The number of anilines is 1. The molecular formula is C11H11N5S. The Morgan fingerprint density at radius 3 is 2.94 bits per heavy atom. The largest absolute Gasteiger partial charge is 0.361 e. The monoisotopic (exact) mass is 245 g/mol. The highest BCUT2D eigenvalue weighted by molar-refractivity contribution is 7.09. The molecule has 0 aliphatic rings. The Kier molecular flexibility index (Phi) is 3.62. The van der Waals surface area contributed by atoms with Crippen LogP contribution >= 0.6 is 11.3 Å². The minimum absolute atomic E-state index is 0.305. The van der Waals surface area contributed by atoms with Crippen LogP contribution in [-0.2, 0) is 13.0 Å². The fourth-order valence-electron chi connectivity index (χ4n) is 1.30. The van der Waals surface area contributed by atoms with Gasteiger partial charge in [0.15, 0.2) is 11.5 Å². The molecule has 0 unspecified atom stereocenters. The molecule has 0 amide bonds. The van der Waals surface area contributed by atoms with Crippen LogP contribution in [0.1, 0.15) is 23.3 Å². The van der Waals surface area contributed by atoms with Crippen LogP contribution in [0.2, 0.25) is 0 Å². The lowest BCUT2D eigenvalue weighted by Crippen LogP contribution is -2.04. The van der Waals surface area contributed by atoms with Gasteiger partial charge in [-0.05, 0) is 6.42 Å². The molecule has 0 spiro atoms. The molecule has 2 rings (SSSR count). The summed E-state index contributed by atoms with van der Waals surface area (Å²) in [5.74, 6) is 0.503. The van der Waals surface area contributed by atoms with Crippen LogP contribution in [0.5, 0.6) is 0 Å². The van der Waals surface area contributed by atoms with Crippen LogP contribution < -0.4 is 5.32 Å². The Morgan fingerprint density at radius 2 is 2.24 bits per heavy atom. The number of aryl methyl sites for hydroxylation is 1. The van der Waals surface area contributed by atoms with Crippen LogP contribution in [-0.4, -0.2) is 15.0 Å². The first-order valence-corrected chi connectivity index (χ1v) is 6.09. The van der Waals surface area contributed by atoms with E-state index in [4.69, 9.17) is 5.26 Å². The van der Waals surface area contributed by atoms with Gasteiger partial charge in [0.05, 0.1) is 12.2 Å². The van der Waals surface area contributed by atoms with Crippen molar-refractivity contribution >= 4 is 17.2 Å². The molecule has 0 aliphatic carbocycles. The topological polar surface area (TPSA) is 74.5 Å². The van der Waals surface area contributed by atoms with E-state index in [1.54, 1.807) is 17.5 Å². The van der Waals surface area contributed by atoms with E-state index in [2.05, 4.69) is 27.2 Å². The zero-order valence-corrected chi connectivity index (χ0v) is 10.2. The number of hydrogen-bond acceptors (Lipinski definition) is 6. The average Bonchev–Trinajstić information content (AvgIpc) is 2.84. The lowest BCUT2D eigenvalue weighted by Gasteiger charge is -2.03. The maximum absolute atomic E-state index is 8.85. The summed E-state index contributed by atoms with van der Waals surface area (Å²) in [6.45, 7) is 2.64. The zero-order chi connectivity index (χ0) is 12.1. The van der Waals surface area contributed by atoms with Gasteiger partial charge in [-0.1, -0.05) is 6.92 Å². The van der Waals surface area contributed by atoms with Gasteiger partial charge in [0.2, 0.25) is 0 Å². The summed E-state index contributed by atoms with van der Waals surface area (Å²) >= 11 is 1.60. The Balaban J connectivity index is 2.05. The minimum Gasteiger partial charge on any atom is -0.361 e. The quantitative estimate of drug-likeness (QED) is 0.891. The summed E-state index contributed by atoms with van der Waals surface area (Å²) in [4.78, 5) is 12.4. The zero-order valence-electron chi connectivity index (χ0n) is 9.34. The molecule has 17 heavy (non-hydrogen) atoms. The van der Waals surface area contributed by atoms with E-state index in [9.17, 15) is 0 Å². The maximum Gasteiger partial charge on any atom is 0.182 e. The standard InChI is InChI=1S/C11H11N5S/c1-2-8-7-17-10(16-8)6-15-11-9(5-12)13-3-4-14-11/h3-4,7H,2,6H2,1H3,(H,14,15). The van der Waals surface area contributed by atoms with Gasteiger partial charge < -0.3 is 5.32 Å². The van der Waals surface area contributed by atoms with Crippen molar-refractivity contribution in [3.63, 3.8) is 0 Å². The van der Waals surface area contributed by atoms with E-state index in [0.29, 0.717) is 18.1 Å². The number of thiazole rings is 1. The molecule has 5 nitrogen and oxygen atoms in total. The van der Waals surface area contributed by atoms with Crippen molar-refractivity contribution < 1.29 is 0 Å². The summed E-state index contributed by atoms with van der Waals surface area (Å²) in [5, 5.41) is 14.9. The molecule has 0 saturated carbocycles. The smallest absolute Gasteiger partial charge is 0.182 e. The van der Waals surface area contributed by atoms with Gasteiger partial charge in [-0.25, -0.2) is 15.0 Å². The predicted octanol–water partition coefficient (Wildman–Crippen LogP) is 1.98. The summed E-state index contributed by atoms with van der Waals surface area (Å²) in [6.07, 6.45) is 4.00. The number of hydrogen-bond donors (Lipinski definition) is 1. The highest BCUT2D eigenvalue weighted by atomic mass is 32.1. The predicted molar refractivity (Wildman–Crippen MR) is 65.6 cm³/mol. The van der Waals surface area contributed by atoms with Crippen molar-refractivity contribution in [2.75, 3.05) is 5.32 Å². The second-order valence-electron chi connectivity index (χ2n) is 3.31. The Labute approximate surface area is 103 Å². The van der Waals surface area contributed by atoms with Gasteiger partial charge in [-0.3, -0.25) is 0 Å². The number of nitriles is 1. The fraction of sp³-hybridized carbons (Fsp3) is 0.273. The SMILES string of the molecule is CCc1csc(CNc2nccnc2C#N)n1. The van der Waals surface area contributed by atoms with Crippen molar-refractivity contribution in [3.8, 4) is 6.07 Å². The molecule has 0 atom stereocenters. The second-order valence-corrected chi connectivity index (χ2v) is 4.25. The molecule has 0 fully saturated rings. The summed E-state index contributed by atoms with van der Waals surface area (Å²) in [5.41, 5.74) is 1.39. The Bertz CT molecular complexity index is 543. The number of nitrogens with one attached hydrogen (secondary N) is 1. The van der Waals surface area contributed by atoms with Crippen molar-refractivity contribution in [3.05, 3.63) is 34.2 Å². The van der Waals surface area contributed by atoms with Crippen molar-refractivity contribution in [2.24, 2.45) is 0 Å². The van der Waals surface area contributed by atoms with E-state index < -0.39 is 0 Å². The van der Waals surface area contributed by atoms with Crippen LogP contribution in [0.15, 0.2) is 17.8 Å². The molecule has 0 aromatic carbocycles. The lowest BCUT2D eigenvalue weighted by molar-refractivity contribution is 0.996. The highest BCUT2D eigenvalue weighted by Gasteiger charge is 2.05. The third-order valence-corrected chi connectivity index (χ3v) is 3.07. The minimum atomic E-state index is 0.305. The van der Waals surface area contributed by atoms with Crippen LogP contribution in [0.3, 0.4) is 0 Å². The molecule has 0 bridgehead atoms. The first-order valence-electron chi connectivity index (χ1n) is 5.21. The Morgan fingerprint density at radius 1 is 1.41 bits per heavy atom. The third-order valence-electron chi connectivity index (χ3n) is 2.17. The molecule has 6 heteroatoms. The van der Waals surface area contributed by atoms with Crippen molar-refractivity contribution in [1.29, 1.82) is 5.26 Å². The maximum atomic E-state index is 8.85. The van der Waals surface area contributed by atoms with Gasteiger partial charge >= 0.3 is 0 Å². The summed E-state index contributed by atoms with van der Waals surface area (Å²) < 4.78 is 0. The van der Waals surface area contributed by atoms with E-state index in [-0.39, 0.29) is 0 Å². The van der Waals surface area contributed by atoms with Gasteiger partial charge in [-0.15, -0.1) is 11.3 Å². The molecule has 0 saturated heterocycles. The van der Waals surface area contributed by atoms with E-state index in [0.717, 1.165) is 17.1 Å². The molecule has 86 valence electrons. The normalized spacial score (nSPS) is 9.88. The van der Waals surface area contributed by atoms with Crippen molar-refractivity contribution in [2.45, 2.75) is 19.9 Å². The Hall–Kier alpha value is -2.00. The van der Waals surface area contributed by atoms with Gasteiger partial charge in [-0.2, -0.15) is 5.26 Å². The van der Waals surface area contributed by atoms with Crippen LogP contribution in [0.4, 0.5) is 5.82 Å². The molecular weight excluding hydrogens is 234 g/mol. The van der Waals surface area contributed by atoms with Gasteiger partial charge in [0.25, 0.3) is 0 Å². The lowest BCUT2D eigenvalue weighted by atomic mass is 10.4. The third kappa shape index (κ3) is 2.77. The average molecular weight is 245 g/mol. The van der Waals surface area contributed by atoms with Crippen LogP contribution in [0, 0.1) is 11.3 Å². The summed E-state index contributed by atoms with van der Waals surface area (Å²) in [6, 6.07) is 2.00. The molecule has 0 aliphatic heterocycles. The van der Waals surface area contributed by atoms with Gasteiger partial charge in [0, 0.05) is 17.8 Å². The second kappa shape index (κ2) is 5.37. The van der Waals surface area contributed by atoms with Crippen molar-refractivity contribution in [1.82, 2.24) is 15.0 Å². The summed E-state index contributed by atoms with van der Waals surface area (Å²) in [7, 11) is 0. The van der Waals surface area contributed by atoms with Crippen LogP contribution in [0.25, 0.3) is 0 Å². The molecule has 0 radical (unpaired) electrons. The molecule has 1 N–H and O–H groups in total. The molecule has 2 heterocycles. The number of rotatable bonds is 4. The van der Waals surface area contributed by atoms with E-state index >= 15 is 0 Å². The number of nitrogens with zero attached hydrogens (tertiary/aromatic N) is 4.